The van der Waals surface area contributed by atoms with Crippen LogP contribution in [0.5, 0.6) is 5.75 Å². The molecule has 1 amide bonds. The quantitative estimate of drug-likeness (QED) is 0.776. The van der Waals surface area contributed by atoms with Gasteiger partial charge in [-0.15, -0.1) is 11.3 Å². The van der Waals surface area contributed by atoms with Gasteiger partial charge in [0.05, 0.1) is 17.9 Å². The van der Waals surface area contributed by atoms with Gasteiger partial charge in [0.25, 0.3) is 5.91 Å². The number of rotatable bonds is 5. The molecule has 1 aliphatic rings. The van der Waals surface area contributed by atoms with Gasteiger partial charge in [-0.2, -0.15) is 0 Å². The van der Waals surface area contributed by atoms with Crippen molar-refractivity contribution >= 4 is 29.0 Å². The minimum absolute atomic E-state index is 0.0155. The number of nitrogens with zero attached hydrogens (tertiary/aromatic N) is 2. The number of allylic oxidation sites excluding steroid dienone is 1. The maximum absolute atomic E-state index is 12.6. The second-order valence-corrected chi connectivity index (χ2v) is 6.95. The van der Waals surface area contributed by atoms with Crippen molar-refractivity contribution in [3.05, 3.63) is 39.8 Å². The Morgan fingerprint density at radius 2 is 2.19 bits per heavy atom. The molecule has 0 radical (unpaired) electrons. The smallest absolute Gasteiger partial charge is 0.282 e. The lowest BCUT2D eigenvalue weighted by molar-refractivity contribution is -0.103. The molecule has 7 heteroatoms. The Labute approximate surface area is 156 Å². The first kappa shape index (κ1) is 18.1. The lowest BCUT2D eigenvalue weighted by Crippen LogP contribution is -2.30. The predicted molar refractivity (Wildman–Crippen MR) is 104 cm³/mol. The number of fused-ring (bicyclic) bond motifs is 3. The fourth-order valence-corrected chi connectivity index (χ4v) is 4.01. The highest BCUT2D eigenvalue weighted by atomic mass is 32.1. The van der Waals surface area contributed by atoms with E-state index >= 15 is 0 Å². The number of thiazole rings is 1. The molecule has 4 N–H and O–H groups in total. The average molecular weight is 371 g/mol. The average Bonchev–Trinajstić information content (AvgIpc) is 3.00. The van der Waals surface area contributed by atoms with Crippen molar-refractivity contribution < 1.29 is 14.9 Å². The predicted octanol–water partition coefficient (Wildman–Crippen LogP) is 1.36. The molecule has 1 aromatic heterocycles. The summed E-state index contributed by atoms with van der Waals surface area (Å²) in [6, 6.07) is 5.80. The topological polar surface area (TPSA) is 94.0 Å². The highest BCUT2D eigenvalue weighted by Crippen LogP contribution is 2.39. The fourth-order valence-electron chi connectivity index (χ4n) is 2.99. The van der Waals surface area contributed by atoms with Crippen LogP contribution in [0.4, 0.5) is 0 Å². The Bertz CT molecular complexity index is 868. The van der Waals surface area contributed by atoms with E-state index in [0.29, 0.717) is 24.7 Å². The molecule has 1 aromatic carbocycles. The second kappa shape index (κ2) is 7.70. The van der Waals surface area contributed by atoms with E-state index in [1.165, 1.54) is 23.8 Å². The van der Waals surface area contributed by atoms with Gasteiger partial charge in [-0.1, -0.05) is 6.07 Å². The summed E-state index contributed by atoms with van der Waals surface area (Å²) in [6.07, 6.45) is 3.66. The van der Waals surface area contributed by atoms with Gasteiger partial charge >= 0.3 is 0 Å². The van der Waals surface area contributed by atoms with E-state index in [0.717, 1.165) is 39.4 Å². The number of aromatic nitrogens is 1. The second-order valence-electron chi connectivity index (χ2n) is 5.87. The highest BCUT2D eigenvalue weighted by Gasteiger charge is 2.25. The first-order valence-electron chi connectivity index (χ1n) is 8.66. The van der Waals surface area contributed by atoms with Crippen molar-refractivity contribution in [3.8, 4) is 17.0 Å². The zero-order chi connectivity index (χ0) is 18.7. The normalized spacial score (nSPS) is 13.2. The van der Waals surface area contributed by atoms with E-state index in [1.807, 2.05) is 32.0 Å². The van der Waals surface area contributed by atoms with Gasteiger partial charge in [-0.25, -0.2) is 4.98 Å². The fraction of sp³-hybridized carbons (Fsp3) is 0.316. The van der Waals surface area contributed by atoms with Crippen LogP contribution in [0, 0.1) is 0 Å². The number of hydrogen-bond donors (Lipinski definition) is 2. The van der Waals surface area contributed by atoms with Gasteiger partial charge < -0.3 is 15.4 Å². The number of ether oxygens (including phenoxy) is 1. The van der Waals surface area contributed by atoms with Crippen molar-refractivity contribution in [1.29, 1.82) is 0 Å². The minimum atomic E-state index is -0.0155. The van der Waals surface area contributed by atoms with E-state index < -0.39 is 0 Å². The van der Waals surface area contributed by atoms with Crippen LogP contribution in [-0.2, 0) is 6.42 Å². The summed E-state index contributed by atoms with van der Waals surface area (Å²) in [5, 5.41) is 6.16. The van der Waals surface area contributed by atoms with Crippen LogP contribution in [0.15, 0.2) is 24.4 Å². The molecule has 0 saturated carbocycles. The Balaban J connectivity index is 2.04. The van der Waals surface area contributed by atoms with E-state index in [-0.39, 0.29) is 5.91 Å². The van der Waals surface area contributed by atoms with Crippen LogP contribution in [0.3, 0.4) is 0 Å². The largest absolute Gasteiger partial charge is 0.492 e. The van der Waals surface area contributed by atoms with Crippen molar-refractivity contribution in [2.24, 2.45) is 5.73 Å². The first-order valence-corrected chi connectivity index (χ1v) is 9.47. The summed E-state index contributed by atoms with van der Waals surface area (Å²) in [4.78, 5) is 20.2. The van der Waals surface area contributed by atoms with Crippen molar-refractivity contribution in [1.82, 2.24) is 9.88 Å². The van der Waals surface area contributed by atoms with Crippen molar-refractivity contribution in [2.45, 2.75) is 20.3 Å². The summed E-state index contributed by atoms with van der Waals surface area (Å²) in [5.74, 6) is 0.716. The molecular weight excluding hydrogens is 348 g/mol. The number of benzene rings is 1. The summed E-state index contributed by atoms with van der Waals surface area (Å²) >= 11 is 1.46. The van der Waals surface area contributed by atoms with Crippen LogP contribution in [0.25, 0.3) is 16.8 Å². The van der Waals surface area contributed by atoms with Crippen LogP contribution < -0.4 is 15.9 Å². The molecule has 3 rings (SSSR count). The van der Waals surface area contributed by atoms with Crippen LogP contribution in [-0.4, -0.2) is 41.7 Å². The van der Waals surface area contributed by atoms with Crippen molar-refractivity contribution in [2.75, 3.05) is 19.7 Å². The molecule has 2 aromatic rings. The summed E-state index contributed by atoms with van der Waals surface area (Å²) in [6.45, 7) is 5.83. The third-order valence-electron chi connectivity index (χ3n) is 4.45. The molecule has 1 aliphatic heterocycles. The SMILES string of the molecule is CCN(CC)C(=O)c1nc2c(s1)CCOc1cc(/C(C=[NH2+])=C/N)ccc1-2. The molecule has 0 aliphatic carbocycles. The van der Waals surface area contributed by atoms with Crippen LogP contribution in [0.2, 0.25) is 0 Å². The van der Waals surface area contributed by atoms with Crippen LogP contribution >= 0.6 is 11.3 Å². The van der Waals surface area contributed by atoms with E-state index in [2.05, 4.69) is 4.98 Å². The zero-order valence-corrected chi connectivity index (χ0v) is 15.8. The van der Waals surface area contributed by atoms with Crippen molar-refractivity contribution in [3.63, 3.8) is 0 Å². The summed E-state index contributed by atoms with van der Waals surface area (Å²) in [5.41, 5.74) is 8.96. The van der Waals surface area contributed by atoms with Crippen LogP contribution in [0.1, 0.15) is 34.1 Å². The van der Waals surface area contributed by atoms with E-state index in [4.69, 9.17) is 15.9 Å². The Kier molecular flexibility index (Phi) is 5.37. The number of nitrogens with two attached hydrogens (primary N) is 2. The Morgan fingerprint density at radius 1 is 1.42 bits per heavy atom. The lowest BCUT2D eigenvalue weighted by atomic mass is 10.0. The van der Waals surface area contributed by atoms with Gasteiger partial charge in [-0.3, -0.25) is 10.2 Å². The molecule has 6 nitrogen and oxygen atoms in total. The summed E-state index contributed by atoms with van der Waals surface area (Å²) in [7, 11) is 0. The van der Waals surface area contributed by atoms with Gasteiger partial charge in [0, 0.05) is 36.2 Å². The number of amides is 1. The molecule has 0 unspecified atom stereocenters. The molecule has 26 heavy (non-hydrogen) atoms. The third-order valence-corrected chi connectivity index (χ3v) is 5.55. The molecule has 0 atom stereocenters. The van der Waals surface area contributed by atoms with Gasteiger partial charge in [0.1, 0.15) is 5.75 Å². The highest BCUT2D eigenvalue weighted by molar-refractivity contribution is 7.14. The first-order chi connectivity index (χ1) is 12.6. The maximum atomic E-state index is 12.6. The van der Waals surface area contributed by atoms with E-state index in [1.54, 1.807) is 4.90 Å². The van der Waals surface area contributed by atoms with Gasteiger partial charge in [-0.05, 0) is 31.5 Å². The summed E-state index contributed by atoms with van der Waals surface area (Å²) < 4.78 is 5.91. The maximum Gasteiger partial charge on any atom is 0.282 e. The van der Waals surface area contributed by atoms with Gasteiger partial charge in [0.2, 0.25) is 0 Å². The molecule has 0 bridgehead atoms. The molecule has 0 fully saturated rings. The molecule has 136 valence electrons. The molecule has 2 heterocycles. The Morgan fingerprint density at radius 3 is 2.85 bits per heavy atom. The molecule has 0 saturated heterocycles. The number of carbonyl (C=O) groups excluding carboxylic acids is 1. The lowest BCUT2D eigenvalue weighted by Gasteiger charge is -2.16. The zero-order valence-electron chi connectivity index (χ0n) is 15.0. The molecular formula is C19H23N4O2S+. The standard InChI is InChI=1S/C19H22N4O2S/c1-3-23(4-2)19(24)18-22-17-14-6-5-12(13(10-20)11-21)9-15(14)25-8-7-16(17)26-18/h5-6,9-11,20H,3-4,7-8,21H2,1-2H3/p+1/b13-11+,20-10?. The molecule has 0 spiro atoms. The monoisotopic (exact) mass is 371 g/mol. The van der Waals surface area contributed by atoms with E-state index in [9.17, 15) is 4.79 Å². The third kappa shape index (κ3) is 3.22. The number of hydrogen-bond acceptors (Lipinski definition) is 5. The Hall–Kier alpha value is -2.67. The minimum Gasteiger partial charge on any atom is -0.492 e. The van der Waals surface area contributed by atoms with Gasteiger partial charge in [0.15, 0.2) is 11.2 Å². The number of carbonyl (C=O) groups is 1.